The Labute approximate surface area is 199 Å². The standard InChI is InChI=1S/C14H25NO14S.Na/c1-4(17)15-7-9(19)12(5(2-16)27-13(7)22)29-14-11(21)10(20)8(18)6(28-14)3-26-30(23,24)25;/h5-14,16,18-22H,2-3H2,1H3,(H,15,17)(H,23,24,25);/q;+1/p-1/t5-,6-,7-,8+,9-,10+,11-,12-,13-,14+;/m1./s1. The van der Waals surface area contributed by atoms with Crippen LogP contribution >= 0.6 is 0 Å². The van der Waals surface area contributed by atoms with Crippen LogP contribution in [0.2, 0.25) is 0 Å². The van der Waals surface area contributed by atoms with Crippen LogP contribution in [0.1, 0.15) is 6.92 Å². The summed E-state index contributed by atoms with van der Waals surface area (Å²) in [5.41, 5.74) is 0. The number of nitrogens with zero attached hydrogens (tertiary/aromatic N) is 1. The average Bonchev–Trinajstić information content (AvgIpc) is 2.65. The third-order valence-electron chi connectivity index (χ3n) is 4.51. The molecule has 0 saturated carbocycles. The van der Waals surface area contributed by atoms with Crippen molar-refractivity contribution in [1.29, 1.82) is 0 Å². The van der Waals surface area contributed by atoms with E-state index >= 15 is 0 Å². The zero-order valence-electron chi connectivity index (χ0n) is 16.5. The molecule has 15 nitrogen and oxygen atoms in total. The second-order valence-electron chi connectivity index (χ2n) is 6.70. The number of rotatable bonds is 7. The van der Waals surface area contributed by atoms with E-state index in [-0.39, 0.29) is 29.6 Å². The predicted molar refractivity (Wildman–Crippen MR) is 89.9 cm³/mol. The maximum absolute atomic E-state index is 11.2. The molecule has 0 amide bonds. The van der Waals surface area contributed by atoms with Crippen LogP contribution in [0.3, 0.4) is 0 Å². The molecule has 2 fully saturated rings. The number of aliphatic hydroxyl groups excluding tert-OH is 6. The van der Waals surface area contributed by atoms with E-state index in [1.165, 1.54) is 0 Å². The zero-order valence-corrected chi connectivity index (χ0v) is 19.3. The quantitative estimate of drug-likeness (QED) is 0.0766. The minimum absolute atomic E-state index is 0. The van der Waals surface area contributed by atoms with Crippen LogP contribution in [0.15, 0.2) is 4.99 Å². The fourth-order valence-electron chi connectivity index (χ4n) is 3.06. The Morgan fingerprint density at radius 2 is 1.65 bits per heavy atom. The van der Waals surface area contributed by atoms with Gasteiger partial charge in [0.25, 0.3) is 0 Å². The van der Waals surface area contributed by atoms with Gasteiger partial charge < -0.3 is 50.0 Å². The van der Waals surface area contributed by atoms with E-state index in [2.05, 4.69) is 9.18 Å². The minimum atomic E-state index is -4.91. The Bertz CT molecular complexity index is 705. The van der Waals surface area contributed by atoms with Crippen LogP contribution in [0.5, 0.6) is 0 Å². The molecule has 2 aliphatic heterocycles. The second kappa shape index (κ2) is 11.9. The average molecular weight is 485 g/mol. The molecule has 176 valence electrons. The molecule has 2 heterocycles. The van der Waals surface area contributed by atoms with Gasteiger partial charge in [-0.2, -0.15) is 8.42 Å². The maximum atomic E-state index is 11.2. The monoisotopic (exact) mass is 485 g/mol. The summed E-state index contributed by atoms with van der Waals surface area (Å²) >= 11 is 0. The normalized spacial score (nSPS) is 42.1. The number of aliphatic imine (C=N–C) groups is 1. The van der Waals surface area contributed by atoms with E-state index in [0.717, 1.165) is 6.92 Å². The third kappa shape index (κ3) is 7.49. The molecule has 31 heavy (non-hydrogen) atoms. The molecule has 0 aromatic carbocycles. The summed E-state index contributed by atoms with van der Waals surface area (Å²) in [6.07, 6.45) is -15.5. The molecule has 2 saturated heterocycles. The van der Waals surface area contributed by atoms with Gasteiger partial charge in [-0.1, -0.05) is 0 Å². The first-order valence-corrected chi connectivity index (χ1v) is 10.0. The summed E-state index contributed by atoms with van der Waals surface area (Å²) in [7, 11) is -4.91. The molecular weight excluding hydrogens is 461 g/mol. The predicted octanol–water partition coefficient (Wildman–Crippen LogP) is -8.78. The summed E-state index contributed by atoms with van der Waals surface area (Å²) in [4.78, 5) is 3.50. The Balaban J connectivity index is 0.00000480. The molecule has 0 radical (unpaired) electrons. The van der Waals surface area contributed by atoms with Crippen molar-refractivity contribution >= 4 is 16.3 Å². The van der Waals surface area contributed by atoms with Crippen molar-refractivity contribution in [3.05, 3.63) is 0 Å². The number of hydrogen-bond donors (Lipinski definition) is 7. The summed E-state index contributed by atoms with van der Waals surface area (Å²) in [5, 5.41) is 71.0. The summed E-state index contributed by atoms with van der Waals surface area (Å²) < 4.78 is 49.8. The van der Waals surface area contributed by atoms with Gasteiger partial charge in [-0.3, -0.25) is 9.55 Å². The van der Waals surface area contributed by atoms with Crippen molar-refractivity contribution < 1.29 is 96.7 Å². The van der Waals surface area contributed by atoms with Gasteiger partial charge in [0.15, 0.2) is 12.6 Å². The van der Waals surface area contributed by atoms with E-state index in [1.54, 1.807) is 0 Å². The first-order chi connectivity index (χ1) is 13.9. The van der Waals surface area contributed by atoms with Crippen LogP contribution in [0.25, 0.3) is 0 Å². The van der Waals surface area contributed by atoms with Crippen molar-refractivity contribution in [3.63, 3.8) is 0 Å². The molecular formula is C14H24NNaO14S. The van der Waals surface area contributed by atoms with Crippen LogP contribution in [-0.2, 0) is 28.8 Å². The first kappa shape index (κ1) is 29.0. The molecule has 17 heteroatoms. The van der Waals surface area contributed by atoms with Gasteiger partial charge in [0.05, 0.1) is 13.2 Å². The smallest absolute Gasteiger partial charge is 0.862 e. The second-order valence-corrected chi connectivity index (χ2v) is 7.80. The Kier molecular flexibility index (Phi) is 11.1. The van der Waals surface area contributed by atoms with Crippen molar-refractivity contribution in [2.45, 2.75) is 68.3 Å². The van der Waals surface area contributed by atoms with Crippen molar-refractivity contribution in [1.82, 2.24) is 0 Å². The summed E-state index contributed by atoms with van der Waals surface area (Å²) in [6, 6.07) is -1.51. The molecule has 0 spiro atoms. The van der Waals surface area contributed by atoms with Crippen LogP contribution < -0.4 is 34.7 Å². The van der Waals surface area contributed by atoms with Crippen LogP contribution in [-0.4, -0.2) is 124 Å². The van der Waals surface area contributed by atoms with E-state index in [0.29, 0.717) is 0 Å². The van der Waals surface area contributed by atoms with Gasteiger partial charge in [0.1, 0.15) is 48.8 Å². The topological polar surface area (TPSA) is 248 Å². The Morgan fingerprint density at radius 1 is 1.03 bits per heavy atom. The maximum Gasteiger partial charge on any atom is 1.00 e. The molecule has 0 bridgehead atoms. The molecule has 0 unspecified atom stereocenters. The number of hydrogen-bond acceptors (Lipinski definition) is 14. The van der Waals surface area contributed by atoms with E-state index in [9.17, 15) is 44.2 Å². The number of ether oxygens (including phenoxy) is 3. The Hall–Kier alpha value is -0.0200. The summed E-state index contributed by atoms with van der Waals surface area (Å²) in [5.74, 6) is -0.752. The molecule has 2 rings (SSSR count). The molecule has 10 atom stereocenters. The van der Waals surface area contributed by atoms with Gasteiger partial charge in [0.2, 0.25) is 0 Å². The molecule has 7 N–H and O–H groups in total. The van der Waals surface area contributed by atoms with Gasteiger partial charge in [0, 0.05) is 0 Å². The van der Waals surface area contributed by atoms with Crippen LogP contribution in [0, 0.1) is 0 Å². The largest absolute Gasteiger partial charge is 1.00 e. The SMILES string of the molecule is CC([O-])=N[C@@H]1[C@@H](O)[C@H](O[C@@H]2O[C@H](COS(=O)(=O)O)[C@H](O)[C@H](O)[C@H]2O)[C@@H](CO)O[C@H]1O.[Na+]. The number of aliphatic hydroxyl groups is 6. The molecule has 0 aromatic heterocycles. The fraction of sp³-hybridized carbons (Fsp3) is 0.929. The van der Waals surface area contributed by atoms with Crippen molar-refractivity contribution in [2.24, 2.45) is 4.99 Å². The van der Waals surface area contributed by atoms with Crippen LogP contribution in [0.4, 0.5) is 0 Å². The third-order valence-corrected chi connectivity index (χ3v) is 4.95. The van der Waals surface area contributed by atoms with Crippen molar-refractivity contribution in [2.75, 3.05) is 13.2 Å². The molecule has 0 aliphatic carbocycles. The summed E-state index contributed by atoms with van der Waals surface area (Å²) in [6.45, 7) is -0.689. The molecule has 2 aliphatic rings. The fourth-order valence-corrected chi connectivity index (χ4v) is 3.37. The zero-order chi connectivity index (χ0) is 22.8. The van der Waals surface area contributed by atoms with E-state index < -0.39 is 90.9 Å². The van der Waals surface area contributed by atoms with Gasteiger partial charge in [-0.05, 0) is 12.8 Å². The van der Waals surface area contributed by atoms with Crippen molar-refractivity contribution in [3.8, 4) is 0 Å². The Morgan fingerprint density at radius 3 is 2.16 bits per heavy atom. The van der Waals surface area contributed by atoms with Gasteiger partial charge in [-0.25, -0.2) is 4.18 Å². The van der Waals surface area contributed by atoms with Gasteiger partial charge in [-0.15, -0.1) is 0 Å². The first-order valence-electron chi connectivity index (χ1n) is 8.66. The minimum Gasteiger partial charge on any atom is -0.862 e. The van der Waals surface area contributed by atoms with E-state index in [4.69, 9.17) is 18.8 Å². The van der Waals surface area contributed by atoms with Gasteiger partial charge >= 0.3 is 40.0 Å². The van der Waals surface area contributed by atoms with E-state index in [1.807, 2.05) is 0 Å². The molecule has 0 aromatic rings.